The van der Waals surface area contributed by atoms with E-state index >= 15 is 0 Å². The molecule has 0 amide bonds. The molecule has 0 saturated carbocycles. The number of sulfonamides is 1. The normalized spacial score (nSPS) is 11.7. The molecule has 8 heteroatoms. The average Bonchev–Trinajstić information content (AvgIpc) is 3.01. The molecule has 0 radical (unpaired) electrons. The summed E-state index contributed by atoms with van der Waals surface area (Å²) in [6.07, 6.45) is 3.50. The zero-order valence-electron chi connectivity index (χ0n) is 13.7. The van der Waals surface area contributed by atoms with Gasteiger partial charge >= 0.3 is 0 Å². The largest absolute Gasteiger partial charge is 0.493 e. The van der Waals surface area contributed by atoms with Crippen LogP contribution in [0, 0.1) is 0 Å². The van der Waals surface area contributed by atoms with E-state index in [0.29, 0.717) is 11.5 Å². The van der Waals surface area contributed by atoms with Crippen LogP contribution < -0.4 is 9.47 Å². The first-order valence-corrected chi connectivity index (χ1v) is 8.56. The van der Waals surface area contributed by atoms with E-state index in [2.05, 4.69) is 5.10 Å². The Morgan fingerprint density at radius 3 is 2.48 bits per heavy atom. The maximum atomic E-state index is 12.7. The predicted molar refractivity (Wildman–Crippen MR) is 86.1 cm³/mol. The first-order valence-electron chi connectivity index (χ1n) is 7.12. The number of aryl methyl sites for hydroxylation is 1. The fraction of sp³-hybridized carbons (Fsp3) is 0.400. The molecule has 23 heavy (non-hydrogen) atoms. The van der Waals surface area contributed by atoms with Crippen LogP contribution in [0.2, 0.25) is 0 Å². The van der Waals surface area contributed by atoms with Crippen molar-refractivity contribution < 1.29 is 17.9 Å². The van der Waals surface area contributed by atoms with Crippen LogP contribution in [0.5, 0.6) is 11.5 Å². The quantitative estimate of drug-likeness (QED) is 0.768. The predicted octanol–water partition coefficient (Wildman–Crippen LogP) is 1.74. The minimum Gasteiger partial charge on any atom is -0.493 e. The second-order valence-electron chi connectivity index (χ2n) is 4.98. The van der Waals surface area contributed by atoms with Crippen molar-refractivity contribution in [3.63, 3.8) is 0 Å². The Bertz CT molecular complexity index is 771. The van der Waals surface area contributed by atoms with Gasteiger partial charge in [0.1, 0.15) is 0 Å². The summed E-state index contributed by atoms with van der Waals surface area (Å²) >= 11 is 0. The van der Waals surface area contributed by atoms with E-state index in [9.17, 15) is 8.42 Å². The maximum Gasteiger partial charge on any atom is 0.243 e. The lowest BCUT2D eigenvalue weighted by atomic mass is 10.3. The zero-order valence-corrected chi connectivity index (χ0v) is 14.5. The number of methoxy groups -OCH3 is 2. The van der Waals surface area contributed by atoms with Gasteiger partial charge < -0.3 is 9.47 Å². The lowest BCUT2D eigenvalue weighted by Crippen LogP contribution is -2.26. The van der Waals surface area contributed by atoms with Crippen molar-refractivity contribution >= 4 is 10.0 Å². The fourth-order valence-electron chi connectivity index (χ4n) is 2.16. The number of ether oxygens (including phenoxy) is 2. The van der Waals surface area contributed by atoms with E-state index in [-0.39, 0.29) is 11.4 Å². The summed E-state index contributed by atoms with van der Waals surface area (Å²) in [6.45, 7) is 2.96. The van der Waals surface area contributed by atoms with Gasteiger partial charge in [-0.15, -0.1) is 0 Å². The van der Waals surface area contributed by atoms with Gasteiger partial charge in [-0.2, -0.15) is 9.40 Å². The molecule has 0 atom stereocenters. The first kappa shape index (κ1) is 17.3. The van der Waals surface area contributed by atoms with E-state index in [1.165, 1.54) is 37.7 Å². The van der Waals surface area contributed by atoms with Crippen LogP contribution in [-0.4, -0.2) is 43.8 Å². The molecule has 0 aliphatic carbocycles. The monoisotopic (exact) mass is 339 g/mol. The summed E-state index contributed by atoms with van der Waals surface area (Å²) in [4.78, 5) is 0.153. The van der Waals surface area contributed by atoms with Gasteiger partial charge in [0, 0.05) is 38.0 Å². The highest BCUT2D eigenvalue weighted by Gasteiger charge is 2.23. The standard InChI is InChI=1S/C15H21N3O4S/c1-5-18-11-12(9-16-18)10-17(2)23(19,20)13-6-7-14(21-3)15(8-13)22-4/h6-9,11H,5,10H2,1-4H3. The van der Waals surface area contributed by atoms with Gasteiger partial charge in [-0.25, -0.2) is 8.42 Å². The van der Waals surface area contributed by atoms with Crippen molar-refractivity contribution in [2.45, 2.75) is 24.9 Å². The minimum atomic E-state index is -3.63. The number of rotatable bonds is 7. The maximum absolute atomic E-state index is 12.7. The summed E-state index contributed by atoms with van der Waals surface area (Å²) in [6, 6.07) is 4.54. The molecule has 0 saturated heterocycles. The van der Waals surface area contributed by atoms with Crippen LogP contribution in [0.25, 0.3) is 0 Å². The second kappa shape index (κ2) is 7.01. The van der Waals surface area contributed by atoms with Crippen molar-refractivity contribution in [1.82, 2.24) is 14.1 Å². The lowest BCUT2D eigenvalue weighted by Gasteiger charge is -2.17. The third-order valence-electron chi connectivity index (χ3n) is 3.48. The van der Waals surface area contributed by atoms with E-state index < -0.39 is 10.0 Å². The Hall–Kier alpha value is -2.06. The van der Waals surface area contributed by atoms with E-state index in [1.807, 2.05) is 13.1 Å². The van der Waals surface area contributed by atoms with Gasteiger partial charge in [-0.1, -0.05) is 0 Å². The zero-order chi connectivity index (χ0) is 17.0. The van der Waals surface area contributed by atoms with Crippen LogP contribution in [0.1, 0.15) is 12.5 Å². The summed E-state index contributed by atoms with van der Waals surface area (Å²) in [5.74, 6) is 0.860. The van der Waals surface area contributed by atoms with E-state index in [1.54, 1.807) is 16.9 Å². The molecule has 1 heterocycles. The molecule has 2 aromatic rings. The fourth-order valence-corrected chi connectivity index (χ4v) is 3.33. The SMILES string of the molecule is CCn1cc(CN(C)S(=O)(=O)c2ccc(OC)c(OC)c2)cn1. The van der Waals surface area contributed by atoms with Crippen molar-refractivity contribution in [3.05, 3.63) is 36.2 Å². The van der Waals surface area contributed by atoms with Crippen molar-refractivity contribution in [3.8, 4) is 11.5 Å². The van der Waals surface area contributed by atoms with Gasteiger partial charge in [-0.3, -0.25) is 4.68 Å². The van der Waals surface area contributed by atoms with Crippen molar-refractivity contribution in [2.24, 2.45) is 0 Å². The topological polar surface area (TPSA) is 73.7 Å². The highest BCUT2D eigenvalue weighted by atomic mass is 32.2. The molecule has 0 spiro atoms. The van der Waals surface area contributed by atoms with E-state index in [0.717, 1.165) is 12.1 Å². The van der Waals surface area contributed by atoms with Crippen molar-refractivity contribution in [1.29, 1.82) is 0 Å². The van der Waals surface area contributed by atoms with Gasteiger partial charge in [0.25, 0.3) is 0 Å². The summed E-state index contributed by atoms with van der Waals surface area (Å²) in [5, 5.41) is 4.15. The molecule has 126 valence electrons. The molecule has 0 aliphatic rings. The number of benzene rings is 1. The van der Waals surface area contributed by atoms with Gasteiger partial charge in [0.15, 0.2) is 11.5 Å². The third-order valence-corrected chi connectivity index (χ3v) is 5.28. The number of hydrogen-bond acceptors (Lipinski definition) is 5. The van der Waals surface area contributed by atoms with Crippen LogP contribution in [0.15, 0.2) is 35.5 Å². The minimum absolute atomic E-state index is 0.153. The molecule has 0 unspecified atom stereocenters. The third kappa shape index (κ3) is 3.65. The Balaban J connectivity index is 2.26. The van der Waals surface area contributed by atoms with Gasteiger partial charge in [-0.05, 0) is 19.1 Å². The molecule has 0 bridgehead atoms. The van der Waals surface area contributed by atoms with Crippen LogP contribution >= 0.6 is 0 Å². The van der Waals surface area contributed by atoms with Crippen LogP contribution in [-0.2, 0) is 23.1 Å². The van der Waals surface area contributed by atoms with Gasteiger partial charge in [0.05, 0.1) is 25.3 Å². The van der Waals surface area contributed by atoms with E-state index in [4.69, 9.17) is 9.47 Å². The number of nitrogens with zero attached hydrogens (tertiary/aromatic N) is 3. The highest BCUT2D eigenvalue weighted by molar-refractivity contribution is 7.89. The van der Waals surface area contributed by atoms with Crippen LogP contribution in [0.4, 0.5) is 0 Å². The number of hydrogen-bond donors (Lipinski definition) is 0. The number of aromatic nitrogens is 2. The molecular weight excluding hydrogens is 318 g/mol. The molecule has 1 aromatic heterocycles. The molecule has 2 rings (SSSR count). The summed E-state index contributed by atoms with van der Waals surface area (Å²) in [7, 11) is 0.878. The Kier molecular flexibility index (Phi) is 5.27. The molecule has 0 aliphatic heterocycles. The lowest BCUT2D eigenvalue weighted by molar-refractivity contribution is 0.353. The second-order valence-corrected chi connectivity index (χ2v) is 7.03. The van der Waals surface area contributed by atoms with Gasteiger partial charge in [0.2, 0.25) is 10.0 Å². The van der Waals surface area contributed by atoms with Crippen LogP contribution in [0.3, 0.4) is 0 Å². The Morgan fingerprint density at radius 2 is 1.91 bits per heavy atom. The summed E-state index contributed by atoms with van der Waals surface area (Å²) < 4.78 is 38.7. The Morgan fingerprint density at radius 1 is 1.22 bits per heavy atom. The smallest absolute Gasteiger partial charge is 0.243 e. The molecular formula is C15H21N3O4S. The van der Waals surface area contributed by atoms with Crippen molar-refractivity contribution in [2.75, 3.05) is 21.3 Å². The first-order chi connectivity index (χ1) is 10.9. The molecule has 7 nitrogen and oxygen atoms in total. The molecule has 0 fully saturated rings. The average molecular weight is 339 g/mol. The highest BCUT2D eigenvalue weighted by Crippen LogP contribution is 2.30. The molecule has 0 N–H and O–H groups in total. The molecule has 1 aromatic carbocycles. The summed E-state index contributed by atoms with van der Waals surface area (Å²) in [5.41, 5.74) is 0.832. The Labute approximate surface area is 136 Å².